The van der Waals surface area contributed by atoms with Crippen LogP contribution in [0.15, 0.2) is 0 Å². The SMILES string of the molecule is COC(=O)c1c(NC(=O)CN(C)Cc2c(C)nn(C)c2C)sc2c1CCCC2. The number of methoxy groups -OCH3 is 1. The highest BCUT2D eigenvalue weighted by atomic mass is 32.1. The molecule has 0 atom stereocenters. The fourth-order valence-corrected chi connectivity index (χ4v) is 5.05. The van der Waals surface area contributed by atoms with E-state index < -0.39 is 0 Å². The highest BCUT2D eigenvalue weighted by Gasteiger charge is 2.27. The number of amides is 1. The Bertz CT molecular complexity index is 900. The third kappa shape index (κ3) is 4.12. The van der Waals surface area contributed by atoms with Gasteiger partial charge in [-0.3, -0.25) is 14.4 Å². The summed E-state index contributed by atoms with van der Waals surface area (Å²) in [6, 6.07) is 0. The summed E-state index contributed by atoms with van der Waals surface area (Å²) in [5.41, 5.74) is 4.81. The maximum absolute atomic E-state index is 12.6. The minimum Gasteiger partial charge on any atom is -0.465 e. The smallest absolute Gasteiger partial charge is 0.341 e. The van der Waals surface area contributed by atoms with Gasteiger partial charge in [0.25, 0.3) is 0 Å². The van der Waals surface area contributed by atoms with E-state index in [0.717, 1.165) is 48.2 Å². The number of likely N-dealkylation sites (N-methyl/N-ethyl adjacent to an activating group) is 1. The number of hydrogen-bond donors (Lipinski definition) is 1. The first kappa shape index (κ1) is 20.5. The van der Waals surface area contributed by atoms with E-state index in [2.05, 4.69) is 10.4 Å². The van der Waals surface area contributed by atoms with E-state index in [1.54, 1.807) is 0 Å². The molecule has 0 unspecified atom stereocenters. The second kappa shape index (κ2) is 8.45. The minimum atomic E-state index is -0.371. The van der Waals surface area contributed by atoms with Crippen molar-refractivity contribution >= 4 is 28.2 Å². The molecular weight excluding hydrogens is 376 g/mol. The standard InChI is InChI=1S/C20H28N4O3S/c1-12-15(13(2)24(4)22-12)10-23(3)11-17(25)21-19-18(20(26)27-5)14-8-6-7-9-16(14)28-19/h6-11H2,1-5H3,(H,21,25). The van der Waals surface area contributed by atoms with Crippen LogP contribution in [0, 0.1) is 13.8 Å². The lowest BCUT2D eigenvalue weighted by molar-refractivity contribution is -0.117. The van der Waals surface area contributed by atoms with Gasteiger partial charge in [-0.15, -0.1) is 11.3 Å². The average molecular weight is 405 g/mol. The van der Waals surface area contributed by atoms with Gasteiger partial charge in [0.2, 0.25) is 5.91 Å². The number of rotatable bonds is 6. The van der Waals surface area contributed by atoms with Crippen molar-refractivity contribution in [2.45, 2.75) is 46.1 Å². The van der Waals surface area contributed by atoms with Crippen LogP contribution in [0.4, 0.5) is 5.00 Å². The maximum atomic E-state index is 12.6. The van der Waals surface area contributed by atoms with Crippen molar-refractivity contribution in [2.75, 3.05) is 26.0 Å². The fraction of sp³-hybridized carbons (Fsp3) is 0.550. The normalized spacial score (nSPS) is 13.5. The number of aryl methyl sites for hydroxylation is 3. The highest BCUT2D eigenvalue weighted by Crippen LogP contribution is 2.38. The zero-order chi connectivity index (χ0) is 20.4. The third-order valence-corrected chi connectivity index (χ3v) is 6.52. The van der Waals surface area contributed by atoms with Crippen LogP contribution in [-0.2, 0) is 36.0 Å². The Labute approximate surface area is 169 Å². The molecule has 3 rings (SSSR count). The predicted molar refractivity (Wildman–Crippen MR) is 110 cm³/mol. The Morgan fingerprint density at radius 2 is 2.00 bits per heavy atom. The zero-order valence-electron chi connectivity index (χ0n) is 17.2. The molecule has 1 amide bonds. The molecule has 152 valence electrons. The van der Waals surface area contributed by atoms with Gasteiger partial charge in [0.15, 0.2) is 0 Å². The number of aromatic nitrogens is 2. The first-order valence-electron chi connectivity index (χ1n) is 9.52. The van der Waals surface area contributed by atoms with Crippen molar-refractivity contribution in [2.24, 2.45) is 7.05 Å². The number of nitrogens with zero attached hydrogens (tertiary/aromatic N) is 3. The molecule has 1 N–H and O–H groups in total. The van der Waals surface area contributed by atoms with Crippen molar-refractivity contribution in [3.8, 4) is 0 Å². The summed E-state index contributed by atoms with van der Waals surface area (Å²) in [4.78, 5) is 28.1. The lowest BCUT2D eigenvalue weighted by Crippen LogP contribution is -2.30. The van der Waals surface area contributed by atoms with Gasteiger partial charge in [0.05, 0.1) is 24.9 Å². The van der Waals surface area contributed by atoms with Crippen LogP contribution in [0.25, 0.3) is 0 Å². The molecule has 28 heavy (non-hydrogen) atoms. The number of hydrogen-bond acceptors (Lipinski definition) is 6. The van der Waals surface area contributed by atoms with E-state index in [1.807, 2.05) is 37.5 Å². The summed E-state index contributed by atoms with van der Waals surface area (Å²) in [7, 11) is 5.21. The van der Waals surface area contributed by atoms with Crippen LogP contribution in [0.1, 0.15) is 50.6 Å². The van der Waals surface area contributed by atoms with E-state index in [0.29, 0.717) is 17.1 Å². The number of esters is 1. The number of fused-ring (bicyclic) bond motifs is 1. The zero-order valence-corrected chi connectivity index (χ0v) is 18.0. The van der Waals surface area contributed by atoms with Gasteiger partial charge in [-0.2, -0.15) is 5.10 Å². The quantitative estimate of drug-likeness (QED) is 0.749. The van der Waals surface area contributed by atoms with Crippen molar-refractivity contribution < 1.29 is 14.3 Å². The van der Waals surface area contributed by atoms with Gasteiger partial charge in [-0.05, 0) is 52.1 Å². The maximum Gasteiger partial charge on any atom is 0.341 e. The van der Waals surface area contributed by atoms with Crippen molar-refractivity contribution in [3.63, 3.8) is 0 Å². The number of carbonyl (C=O) groups is 2. The molecule has 0 spiro atoms. The van der Waals surface area contributed by atoms with Crippen molar-refractivity contribution in [3.05, 3.63) is 33.0 Å². The lowest BCUT2D eigenvalue weighted by Gasteiger charge is -2.16. The Morgan fingerprint density at radius 3 is 2.64 bits per heavy atom. The first-order valence-corrected chi connectivity index (χ1v) is 10.3. The summed E-state index contributed by atoms with van der Waals surface area (Å²) in [6.07, 6.45) is 4.01. The molecule has 8 heteroatoms. The minimum absolute atomic E-state index is 0.134. The fourth-order valence-electron chi connectivity index (χ4n) is 3.76. The van der Waals surface area contributed by atoms with Crippen LogP contribution < -0.4 is 5.32 Å². The van der Waals surface area contributed by atoms with Gasteiger partial charge >= 0.3 is 5.97 Å². The Hall–Kier alpha value is -2.19. The number of nitrogens with one attached hydrogen (secondary N) is 1. The molecule has 1 aliphatic carbocycles. The Kier molecular flexibility index (Phi) is 6.20. The van der Waals surface area contributed by atoms with E-state index in [1.165, 1.54) is 23.3 Å². The molecule has 2 aromatic rings. The number of thiophene rings is 1. The number of ether oxygens (including phenoxy) is 1. The van der Waals surface area contributed by atoms with Gasteiger partial charge in [0, 0.05) is 29.7 Å². The van der Waals surface area contributed by atoms with Gasteiger partial charge < -0.3 is 10.1 Å². The van der Waals surface area contributed by atoms with E-state index in [-0.39, 0.29) is 18.4 Å². The molecule has 1 aliphatic rings. The summed E-state index contributed by atoms with van der Waals surface area (Å²) in [6.45, 7) is 4.89. The Morgan fingerprint density at radius 1 is 1.29 bits per heavy atom. The van der Waals surface area contributed by atoms with E-state index >= 15 is 0 Å². The molecule has 0 saturated carbocycles. The average Bonchev–Trinajstić information content (AvgIpc) is 3.12. The van der Waals surface area contributed by atoms with Gasteiger partial charge in [-0.1, -0.05) is 0 Å². The third-order valence-electron chi connectivity index (χ3n) is 5.31. The predicted octanol–water partition coefficient (Wildman–Crippen LogP) is 2.83. The van der Waals surface area contributed by atoms with Crippen LogP contribution in [0.2, 0.25) is 0 Å². The van der Waals surface area contributed by atoms with Crippen LogP contribution in [0.3, 0.4) is 0 Å². The highest BCUT2D eigenvalue weighted by molar-refractivity contribution is 7.17. The topological polar surface area (TPSA) is 76.5 Å². The van der Waals surface area contributed by atoms with Crippen molar-refractivity contribution in [1.82, 2.24) is 14.7 Å². The Balaban J connectivity index is 1.71. The van der Waals surface area contributed by atoms with E-state index in [4.69, 9.17) is 4.74 Å². The van der Waals surface area contributed by atoms with E-state index in [9.17, 15) is 9.59 Å². The lowest BCUT2D eigenvalue weighted by atomic mass is 9.95. The van der Waals surface area contributed by atoms with Crippen molar-refractivity contribution in [1.29, 1.82) is 0 Å². The summed E-state index contributed by atoms with van der Waals surface area (Å²) < 4.78 is 6.83. The molecule has 0 saturated heterocycles. The molecule has 2 aromatic heterocycles. The molecule has 2 heterocycles. The largest absolute Gasteiger partial charge is 0.465 e. The molecule has 0 fully saturated rings. The summed E-state index contributed by atoms with van der Waals surface area (Å²) >= 11 is 1.51. The first-order chi connectivity index (χ1) is 13.3. The van der Waals surface area contributed by atoms with Gasteiger partial charge in [0.1, 0.15) is 5.00 Å². The molecule has 7 nitrogen and oxygen atoms in total. The second-order valence-electron chi connectivity index (χ2n) is 7.40. The van der Waals surface area contributed by atoms with Crippen LogP contribution in [0.5, 0.6) is 0 Å². The molecule has 0 bridgehead atoms. The second-order valence-corrected chi connectivity index (χ2v) is 8.51. The number of carbonyl (C=O) groups excluding carboxylic acids is 2. The van der Waals surface area contributed by atoms with Gasteiger partial charge in [-0.25, -0.2) is 4.79 Å². The van der Waals surface area contributed by atoms with Crippen LogP contribution >= 0.6 is 11.3 Å². The summed E-state index contributed by atoms with van der Waals surface area (Å²) in [5, 5.41) is 7.99. The molecule has 0 radical (unpaired) electrons. The number of anilines is 1. The molecule has 0 aromatic carbocycles. The monoisotopic (exact) mass is 404 g/mol. The molecule has 0 aliphatic heterocycles. The molecular formula is C20H28N4O3S. The van der Waals surface area contributed by atoms with Crippen LogP contribution in [-0.4, -0.2) is 47.3 Å². The summed E-state index contributed by atoms with van der Waals surface area (Å²) in [5.74, 6) is -0.505.